The molecule has 1 aromatic heterocycles. The number of urea groups is 1. The molecule has 0 aliphatic carbocycles. The van der Waals surface area contributed by atoms with Gasteiger partial charge < -0.3 is 20.2 Å². The Labute approximate surface area is 161 Å². The van der Waals surface area contributed by atoms with Gasteiger partial charge in [0.25, 0.3) is 0 Å². The van der Waals surface area contributed by atoms with E-state index in [9.17, 15) is 14.7 Å². The molecular formula is C19H22N4O3S. The van der Waals surface area contributed by atoms with Crippen molar-refractivity contribution in [1.82, 2.24) is 9.88 Å². The number of fused-ring (bicyclic) bond motifs is 1. The van der Waals surface area contributed by atoms with Crippen molar-refractivity contribution in [2.45, 2.75) is 32.2 Å². The summed E-state index contributed by atoms with van der Waals surface area (Å²) in [7, 11) is 0. The van der Waals surface area contributed by atoms with Crippen LogP contribution in [-0.4, -0.2) is 52.7 Å². The molecule has 4 rings (SSSR count). The molecule has 142 valence electrons. The van der Waals surface area contributed by atoms with Crippen LogP contribution in [0.1, 0.15) is 33.8 Å². The fourth-order valence-electron chi connectivity index (χ4n) is 3.82. The van der Waals surface area contributed by atoms with Crippen LogP contribution >= 0.6 is 11.3 Å². The predicted molar refractivity (Wildman–Crippen MR) is 105 cm³/mol. The maximum absolute atomic E-state index is 12.7. The molecule has 0 atom stereocenters. The van der Waals surface area contributed by atoms with Gasteiger partial charge in [-0.2, -0.15) is 0 Å². The van der Waals surface area contributed by atoms with Crippen LogP contribution in [0.3, 0.4) is 0 Å². The van der Waals surface area contributed by atoms with Crippen molar-refractivity contribution in [3.8, 4) is 0 Å². The van der Waals surface area contributed by atoms with Gasteiger partial charge in [-0.15, -0.1) is 0 Å². The SMILES string of the molecule is Cc1nc(N2CCC(N3CCc4ccccc4NC3=O)CC2)sc1C(=O)O. The Morgan fingerprint density at radius 1 is 1.26 bits per heavy atom. The number of hydrogen-bond acceptors (Lipinski definition) is 5. The highest BCUT2D eigenvalue weighted by Crippen LogP contribution is 2.30. The molecule has 27 heavy (non-hydrogen) atoms. The molecule has 2 aliphatic rings. The zero-order valence-corrected chi connectivity index (χ0v) is 16.0. The summed E-state index contributed by atoms with van der Waals surface area (Å²) in [5.41, 5.74) is 2.64. The third kappa shape index (κ3) is 3.49. The average molecular weight is 386 g/mol. The highest BCUT2D eigenvalue weighted by atomic mass is 32.1. The van der Waals surface area contributed by atoms with Crippen molar-refractivity contribution < 1.29 is 14.7 Å². The monoisotopic (exact) mass is 386 g/mol. The summed E-state index contributed by atoms with van der Waals surface area (Å²) < 4.78 is 0. The number of nitrogens with zero attached hydrogens (tertiary/aromatic N) is 3. The average Bonchev–Trinajstić information content (AvgIpc) is 2.97. The Kier molecular flexibility index (Phi) is 4.73. The van der Waals surface area contributed by atoms with Gasteiger partial charge in [-0.3, -0.25) is 0 Å². The first kappa shape index (κ1) is 17.8. The predicted octanol–water partition coefficient (Wildman–Crippen LogP) is 3.21. The first-order valence-corrected chi connectivity index (χ1v) is 9.96. The molecule has 2 aliphatic heterocycles. The highest BCUT2D eigenvalue weighted by molar-refractivity contribution is 7.17. The lowest BCUT2D eigenvalue weighted by molar-refractivity contribution is 0.0701. The van der Waals surface area contributed by atoms with Gasteiger partial charge in [0.1, 0.15) is 4.88 Å². The smallest absolute Gasteiger partial charge is 0.347 e. The molecule has 2 aromatic rings. The van der Waals surface area contributed by atoms with Gasteiger partial charge >= 0.3 is 12.0 Å². The fourth-order valence-corrected chi connectivity index (χ4v) is 4.78. The van der Waals surface area contributed by atoms with E-state index in [1.165, 1.54) is 16.9 Å². The van der Waals surface area contributed by atoms with Crippen molar-refractivity contribution >= 4 is 34.2 Å². The number of thiazole rings is 1. The van der Waals surface area contributed by atoms with E-state index < -0.39 is 5.97 Å². The number of anilines is 2. The number of amides is 2. The molecule has 0 radical (unpaired) electrons. The molecule has 0 bridgehead atoms. The van der Waals surface area contributed by atoms with Gasteiger partial charge in [0, 0.05) is 31.4 Å². The number of hydrogen-bond donors (Lipinski definition) is 2. The van der Waals surface area contributed by atoms with Crippen molar-refractivity contribution in [1.29, 1.82) is 0 Å². The van der Waals surface area contributed by atoms with Crippen molar-refractivity contribution in [2.24, 2.45) is 0 Å². The van der Waals surface area contributed by atoms with Crippen LogP contribution < -0.4 is 10.2 Å². The second-order valence-corrected chi connectivity index (χ2v) is 7.94. The van der Waals surface area contributed by atoms with Crippen LogP contribution in [0.25, 0.3) is 0 Å². The number of carbonyl (C=O) groups is 2. The molecule has 1 fully saturated rings. The second-order valence-electron chi connectivity index (χ2n) is 6.97. The van der Waals surface area contributed by atoms with E-state index in [-0.39, 0.29) is 12.1 Å². The Morgan fingerprint density at radius 3 is 2.70 bits per heavy atom. The van der Waals surface area contributed by atoms with E-state index in [0.717, 1.165) is 43.2 Å². The van der Waals surface area contributed by atoms with Crippen LogP contribution in [0.15, 0.2) is 24.3 Å². The number of benzene rings is 1. The summed E-state index contributed by atoms with van der Waals surface area (Å²) in [5.74, 6) is -0.924. The van der Waals surface area contributed by atoms with Gasteiger partial charge in [0.05, 0.1) is 5.69 Å². The zero-order chi connectivity index (χ0) is 19.0. The lowest BCUT2D eigenvalue weighted by Gasteiger charge is -2.37. The van der Waals surface area contributed by atoms with Crippen molar-refractivity contribution in [3.05, 3.63) is 40.4 Å². The summed E-state index contributed by atoms with van der Waals surface area (Å²) in [6.07, 6.45) is 2.55. The van der Waals surface area contributed by atoms with Gasteiger partial charge in [0.2, 0.25) is 0 Å². The summed E-state index contributed by atoms with van der Waals surface area (Å²) in [4.78, 5) is 32.7. The Morgan fingerprint density at radius 2 is 2.00 bits per heavy atom. The topological polar surface area (TPSA) is 85.8 Å². The molecule has 0 spiro atoms. The molecule has 0 saturated carbocycles. The van der Waals surface area contributed by atoms with E-state index in [2.05, 4.69) is 21.3 Å². The Bertz CT molecular complexity index is 874. The van der Waals surface area contributed by atoms with E-state index in [0.29, 0.717) is 17.1 Å². The summed E-state index contributed by atoms with van der Waals surface area (Å²) in [5, 5.41) is 13.0. The van der Waals surface area contributed by atoms with Crippen LogP contribution in [0.4, 0.5) is 15.6 Å². The number of nitrogens with one attached hydrogen (secondary N) is 1. The third-order valence-electron chi connectivity index (χ3n) is 5.30. The minimum atomic E-state index is -0.924. The van der Waals surface area contributed by atoms with Crippen LogP contribution in [0.5, 0.6) is 0 Å². The number of rotatable bonds is 3. The first-order chi connectivity index (χ1) is 13.0. The number of aromatic nitrogens is 1. The Hall–Kier alpha value is -2.61. The lowest BCUT2D eigenvalue weighted by atomic mass is 10.0. The molecule has 1 aromatic carbocycles. The van der Waals surface area contributed by atoms with E-state index in [1.54, 1.807) is 6.92 Å². The van der Waals surface area contributed by atoms with Crippen molar-refractivity contribution in [3.63, 3.8) is 0 Å². The first-order valence-electron chi connectivity index (χ1n) is 9.14. The molecule has 1 saturated heterocycles. The molecular weight excluding hydrogens is 364 g/mol. The number of piperidine rings is 1. The summed E-state index contributed by atoms with van der Waals surface area (Å²) in [6.45, 7) is 3.99. The molecule has 8 heteroatoms. The van der Waals surface area contributed by atoms with E-state index >= 15 is 0 Å². The van der Waals surface area contributed by atoms with Crippen LogP contribution in [-0.2, 0) is 6.42 Å². The van der Waals surface area contributed by atoms with E-state index in [1.807, 2.05) is 23.1 Å². The van der Waals surface area contributed by atoms with Gasteiger partial charge in [-0.1, -0.05) is 29.5 Å². The minimum Gasteiger partial charge on any atom is -0.477 e. The number of carboxylic acid groups (broad SMARTS) is 1. The third-order valence-corrected chi connectivity index (χ3v) is 6.50. The minimum absolute atomic E-state index is 0.0309. The van der Waals surface area contributed by atoms with Gasteiger partial charge in [0.15, 0.2) is 5.13 Å². The van der Waals surface area contributed by atoms with Gasteiger partial charge in [-0.05, 0) is 37.8 Å². The quantitative estimate of drug-likeness (QED) is 0.846. The maximum Gasteiger partial charge on any atom is 0.347 e. The lowest BCUT2D eigenvalue weighted by Crippen LogP contribution is -2.48. The summed E-state index contributed by atoms with van der Waals surface area (Å²) >= 11 is 1.23. The number of para-hydroxylation sites is 1. The molecule has 7 nitrogen and oxygen atoms in total. The molecule has 2 amide bonds. The standard InChI is InChI=1S/C19H22N4O3S/c1-12-16(17(24)25)27-19(20-12)22-9-7-14(8-10-22)23-11-6-13-4-2-3-5-15(13)21-18(23)26/h2-5,14H,6-11H2,1H3,(H,21,26)(H,24,25). The largest absolute Gasteiger partial charge is 0.477 e. The molecule has 2 N–H and O–H groups in total. The van der Waals surface area contributed by atoms with Crippen LogP contribution in [0, 0.1) is 6.92 Å². The van der Waals surface area contributed by atoms with E-state index in [4.69, 9.17) is 0 Å². The normalized spacial score (nSPS) is 18.0. The van der Waals surface area contributed by atoms with Crippen LogP contribution in [0.2, 0.25) is 0 Å². The number of aromatic carboxylic acids is 1. The van der Waals surface area contributed by atoms with Gasteiger partial charge in [-0.25, -0.2) is 14.6 Å². The van der Waals surface area contributed by atoms with Crippen molar-refractivity contribution in [2.75, 3.05) is 29.9 Å². The number of aryl methyl sites for hydroxylation is 1. The maximum atomic E-state index is 12.7. The fraction of sp³-hybridized carbons (Fsp3) is 0.421. The zero-order valence-electron chi connectivity index (χ0n) is 15.1. The number of carboxylic acids is 1. The summed E-state index contributed by atoms with van der Waals surface area (Å²) in [6, 6.07) is 8.11. The second kappa shape index (κ2) is 7.19. The molecule has 0 unspecified atom stereocenters. The Balaban J connectivity index is 1.41. The number of carbonyl (C=O) groups excluding carboxylic acids is 1. The molecule has 3 heterocycles. The highest BCUT2D eigenvalue weighted by Gasteiger charge is 2.31.